The first kappa shape index (κ1) is 14.5. The van der Waals surface area contributed by atoms with Crippen LogP contribution >= 0.6 is 0 Å². The number of rotatable bonds is 5. The molecule has 100 valence electrons. The highest BCUT2D eigenvalue weighted by molar-refractivity contribution is 5.73. The van der Waals surface area contributed by atoms with E-state index >= 15 is 0 Å². The second kappa shape index (κ2) is 6.97. The highest BCUT2D eigenvalue weighted by Crippen LogP contribution is 2.24. The van der Waals surface area contributed by atoms with Crippen molar-refractivity contribution in [3.63, 3.8) is 0 Å². The molecule has 0 aromatic rings. The molecule has 1 rings (SSSR count). The van der Waals surface area contributed by atoms with Gasteiger partial charge in [-0.3, -0.25) is 9.69 Å². The van der Waals surface area contributed by atoms with Gasteiger partial charge in [-0.1, -0.05) is 12.8 Å². The number of amides is 1. The van der Waals surface area contributed by atoms with Crippen LogP contribution in [0.1, 0.15) is 46.5 Å². The average Bonchev–Trinajstić information content (AvgIpc) is 2.26. The summed E-state index contributed by atoms with van der Waals surface area (Å²) in [5.41, 5.74) is 0. The van der Waals surface area contributed by atoms with Crippen LogP contribution in [0.4, 0.5) is 0 Å². The first-order valence-corrected chi connectivity index (χ1v) is 6.70. The van der Waals surface area contributed by atoms with Gasteiger partial charge in [-0.2, -0.15) is 0 Å². The van der Waals surface area contributed by atoms with Crippen molar-refractivity contribution in [2.45, 2.75) is 64.6 Å². The van der Waals surface area contributed by atoms with Crippen molar-refractivity contribution in [3.05, 3.63) is 0 Å². The highest BCUT2D eigenvalue weighted by atomic mass is 16.3. The van der Waals surface area contributed by atoms with Gasteiger partial charge in [-0.25, -0.2) is 0 Å². The van der Waals surface area contributed by atoms with Crippen molar-refractivity contribution in [1.82, 2.24) is 10.2 Å². The molecule has 2 unspecified atom stereocenters. The van der Waals surface area contributed by atoms with Gasteiger partial charge in [0.15, 0.2) is 0 Å². The fourth-order valence-corrected chi connectivity index (χ4v) is 2.86. The molecular formula is C13H26N2O2. The van der Waals surface area contributed by atoms with Gasteiger partial charge in [-0.15, -0.1) is 0 Å². The number of nitrogens with one attached hydrogen (secondary N) is 1. The van der Waals surface area contributed by atoms with E-state index in [2.05, 4.69) is 24.1 Å². The lowest BCUT2D eigenvalue weighted by atomic mass is 9.88. The fourth-order valence-electron chi connectivity index (χ4n) is 2.86. The van der Waals surface area contributed by atoms with Crippen molar-refractivity contribution >= 4 is 5.91 Å². The maximum absolute atomic E-state index is 11.2. The van der Waals surface area contributed by atoms with Gasteiger partial charge >= 0.3 is 0 Å². The topological polar surface area (TPSA) is 52.6 Å². The van der Waals surface area contributed by atoms with Gasteiger partial charge in [-0.05, 0) is 26.7 Å². The molecule has 1 saturated carbocycles. The molecule has 4 nitrogen and oxygen atoms in total. The number of carbonyl (C=O) groups is 1. The molecule has 0 aromatic heterocycles. The van der Waals surface area contributed by atoms with Gasteiger partial charge in [0.05, 0.1) is 6.61 Å². The number of aliphatic hydroxyl groups excluding tert-OH is 1. The maximum atomic E-state index is 11.2. The van der Waals surface area contributed by atoms with E-state index in [1.54, 1.807) is 6.92 Å². The smallest absolute Gasteiger partial charge is 0.217 e. The van der Waals surface area contributed by atoms with E-state index in [-0.39, 0.29) is 18.6 Å². The highest BCUT2D eigenvalue weighted by Gasteiger charge is 2.31. The van der Waals surface area contributed by atoms with Crippen LogP contribution in [0.2, 0.25) is 0 Å². The van der Waals surface area contributed by atoms with Gasteiger partial charge in [0.25, 0.3) is 0 Å². The Labute approximate surface area is 104 Å². The summed E-state index contributed by atoms with van der Waals surface area (Å²) in [6.45, 7) is 6.75. The van der Waals surface area contributed by atoms with Crippen LogP contribution in [0.3, 0.4) is 0 Å². The molecule has 0 aromatic carbocycles. The van der Waals surface area contributed by atoms with Crippen LogP contribution in [0.15, 0.2) is 0 Å². The Bertz CT molecular complexity index is 244. The van der Waals surface area contributed by atoms with Crippen LogP contribution < -0.4 is 5.32 Å². The van der Waals surface area contributed by atoms with Crippen molar-refractivity contribution in [1.29, 1.82) is 0 Å². The Morgan fingerprint density at radius 1 is 1.41 bits per heavy atom. The van der Waals surface area contributed by atoms with E-state index in [1.807, 2.05) is 0 Å². The number of nitrogens with zero attached hydrogens (tertiary/aromatic N) is 1. The molecule has 0 aliphatic heterocycles. The van der Waals surface area contributed by atoms with Crippen LogP contribution in [-0.2, 0) is 4.79 Å². The van der Waals surface area contributed by atoms with Crippen molar-refractivity contribution in [2.24, 2.45) is 0 Å². The molecule has 1 aliphatic carbocycles. The zero-order valence-corrected chi connectivity index (χ0v) is 11.3. The minimum atomic E-state index is 0.0506. The van der Waals surface area contributed by atoms with Gasteiger partial charge in [0.1, 0.15) is 0 Å². The minimum absolute atomic E-state index is 0.0506. The summed E-state index contributed by atoms with van der Waals surface area (Å²) in [6, 6.07) is 1.02. The molecule has 4 heteroatoms. The van der Waals surface area contributed by atoms with Crippen LogP contribution in [0, 0.1) is 0 Å². The van der Waals surface area contributed by atoms with E-state index < -0.39 is 0 Å². The second-order valence-corrected chi connectivity index (χ2v) is 5.21. The maximum Gasteiger partial charge on any atom is 0.217 e. The Balaban J connectivity index is 2.69. The molecule has 0 heterocycles. The summed E-state index contributed by atoms with van der Waals surface area (Å²) in [5.74, 6) is 0.0506. The summed E-state index contributed by atoms with van der Waals surface area (Å²) in [6.07, 6.45) is 4.57. The van der Waals surface area contributed by atoms with Crippen molar-refractivity contribution in [2.75, 3.05) is 13.2 Å². The van der Waals surface area contributed by atoms with E-state index in [0.29, 0.717) is 18.6 Å². The lowest BCUT2D eigenvalue weighted by molar-refractivity contribution is -0.120. The number of aliphatic hydroxyl groups is 1. The molecule has 0 saturated heterocycles. The Morgan fingerprint density at radius 2 is 2.06 bits per heavy atom. The molecule has 17 heavy (non-hydrogen) atoms. The molecule has 1 amide bonds. The second-order valence-electron chi connectivity index (χ2n) is 5.21. The SMILES string of the molecule is CC(=O)NC1CCCCC1N(CCO)C(C)C. The third kappa shape index (κ3) is 4.28. The molecule has 0 bridgehead atoms. The first-order chi connectivity index (χ1) is 8.06. The largest absolute Gasteiger partial charge is 0.395 e. The molecule has 1 aliphatic rings. The van der Waals surface area contributed by atoms with Gasteiger partial charge < -0.3 is 10.4 Å². The summed E-state index contributed by atoms with van der Waals surface area (Å²) in [7, 11) is 0. The third-order valence-electron chi connectivity index (χ3n) is 3.57. The normalized spacial score (nSPS) is 25.3. The predicted molar refractivity (Wildman–Crippen MR) is 68.8 cm³/mol. The predicted octanol–water partition coefficient (Wildman–Crippen LogP) is 1.14. The van der Waals surface area contributed by atoms with Gasteiger partial charge in [0, 0.05) is 31.6 Å². The Morgan fingerprint density at radius 3 is 2.59 bits per heavy atom. The molecule has 0 spiro atoms. The minimum Gasteiger partial charge on any atom is -0.395 e. The summed E-state index contributed by atoms with van der Waals surface area (Å²) in [4.78, 5) is 13.5. The van der Waals surface area contributed by atoms with E-state index in [9.17, 15) is 4.79 Å². The lowest BCUT2D eigenvalue weighted by Gasteiger charge is -2.42. The first-order valence-electron chi connectivity index (χ1n) is 6.70. The monoisotopic (exact) mass is 242 g/mol. The molecule has 0 radical (unpaired) electrons. The summed E-state index contributed by atoms with van der Waals surface area (Å²) in [5, 5.41) is 12.2. The van der Waals surface area contributed by atoms with Crippen LogP contribution in [-0.4, -0.2) is 47.2 Å². The molecule has 1 fully saturated rings. The number of hydrogen-bond donors (Lipinski definition) is 2. The quantitative estimate of drug-likeness (QED) is 0.760. The standard InChI is InChI=1S/C13H26N2O2/c1-10(2)15(8-9-16)13-7-5-4-6-12(13)14-11(3)17/h10,12-13,16H,4-9H2,1-3H3,(H,14,17). The van der Waals surface area contributed by atoms with E-state index in [4.69, 9.17) is 5.11 Å². The third-order valence-corrected chi connectivity index (χ3v) is 3.57. The molecule has 2 N–H and O–H groups in total. The van der Waals surface area contributed by atoms with Crippen molar-refractivity contribution in [3.8, 4) is 0 Å². The van der Waals surface area contributed by atoms with Crippen LogP contribution in [0.5, 0.6) is 0 Å². The molecule has 2 atom stereocenters. The Hall–Kier alpha value is -0.610. The zero-order valence-electron chi connectivity index (χ0n) is 11.3. The fraction of sp³-hybridized carbons (Fsp3) is 0.923. The van der Waals surface area contributed by atoms with Gasteiger partial charge in [0.2, 0.25) is 5.91 Å². The summed E-state index contributed by atoms with van der Waals surface area (Å²) < 4.78 is 0. The van der Waals surface area contributed by atoms with Crippen LogP contribution in [0.25, 0.3) is 0 Å². The summed E-state index contributed by atoms with van der Waals surface area (Å²) >= 11 is 0. The molecular weight excluding hydrogens is 216 g/mol. The lowest BCUT2D eigenvalue weighted by Crippen LogP contribution is -2.55. The van der Waals surface area contributed by atoms with Crippen molar-refractivity contribution < 1.29 is 9.90 Å². The number of hydrogen-bond acceptors (Lipinski definition) is 3. The Kier molecular flexibility index (Phi) is 5.92. The zero-order chi connectivity index (χ0) is 12.8. The van der Waals surface area contributed by atoms with E-state index in [1.165, 1.54) is 12.8 Å². The number of carbonyl (C=O) groups excluding carboxylic acids is 1. The van der Waals surface area contributed by atoms with E-state index in [0.717, 1.165) is 12.8 Å². The average molecular weight is 242 g/mol.